The Kier molecular flexibility index (Phi) is 5.72. The van der Waals surface area contributed by atoms with Gasteiger partial charge in [0.15, 0.2) is 0 Å². The number of likely N-dealkylation sites (tertiary alicyclic amines) is 1. The lowest BCUT2D eigenvalue weighted by atomic mass is 10.0. The highest BCUT2D eigenvalue weighted by atomic mass is 32.1. The van der Waals surface area contributed by atoms with E-state index in [1.807, 2.05) is 0 Å². The molecule has 1 aliphatic rings. The molecule has 0 saturated carbocycles. The molecular formula is C15H26N4OS. The van der Waals surface area contributed by atoms with E-state index in [2.05, 4.69) is 41.3 Å². The Hall–Kier alpha value is -0.980. The van der Waals surface area contributed by atoms with Crippen molar-refractivity contribution in [2.75, 3.05) is 26.7 Å². The van der Waals surface area contributed by atoms with E-state index < -0.39 is 0 Å². The molecule has 0 aromatic carbocycles. The molecule has 5 nitrogen and oxygen atoms in total. The van der Waals surface area contributed by atoms with Gasteiger partial charge in [-0.05, 0) is 33.6 Å². The van der Waals surface area contributed by atoms with E-state index in [1.165, 1.54) is 4.88 Å². The van der Waals surface area contributed by atoms with Gasteiger partial charge in [0.1, 0.15) is 0 Å². The molecule has 6 heteroatoms. The molecule has 0 bridgehead atoms. The summed E-state index contributed by atoms with van der Waals surface area (Å²) >= 11 is 1.79. The van der Waals surface area contributed by atoms with Gasteiger partial charge in [-0.25, -0.2) is 4.98 Å². The number of thiazole rings is 1. The largest absolute Gasteiger partial charge is 0.358 e. The first-order chi connectivity index (χ1) is 9.99. The van der Waals surface area contributed by atoms with Crippen LogP contribution in [0.3, 0.4) is 0 Å². The first-order valence-electron chi connectivity index (χ1n) is 7.62. The summed E-state index contributed by atoms with van der Waals surface area (Å²) in [5.74, 6) is 0.102. The number of nitrogens with zero attached hydrogens (tertiary/aromatic N) is 2. The zero-order valence-corrected chi connectivity index (χ0v) is 14.2. The van der Waals surface area contributed by atoms with Crippen LogP contribution in [-0.4, -0.2) is 48.5 Å². The summed E-state index contributed by atoms with van der Waals surface area (Å²) in [4.78, 5) is 19.5. The van der Waals surface area contributed by atoms with E-state index in [0.717, 1.165) is 36.6 Å². The second-order valence-electron chi connectivity index (χ2n) is 5.79. The minimum atomic E-state index is 0.102. The van der Waals surface area contributed by atoms with Crippen molar-refractivity contribution in [1.29, 1.82) is 0 Å². The van der Waals surface area contributed by atoms with Crippen LogP contribution in [0.1, 0.15) is 41.4 Å². The normalized spacial score (nSPS) is 18.7. The van der Waals surface area contributed by atoms with E-state index in [0.29, 0.717) is 18.6 Å². The first-order valence-corrected chi connectivity index (χ1v) is 8.44. The Morgan fingerprint density at radius 2 is 2.10 bits per heavy atom. The number of piperidine rings is 1. The maximum atomic E-state index is 11.4. The van der Waals surface area contributed by atoms with Crippen molar-refractivity contribution in [3.8, 4) is 0 Å². The standard InChI is InChI=1S/C15H26N4OS/c1-10-15(21-12(3)17-10)11(2)18-13-5-7-19(8-6-13)9-14(20)16-4/h11,13,18H,5-9H2,1-4H3,(H,16,20). The van der Waals surface area contributed by atoms with Crippen molar-refractivity contribution in [2.45, 2.75) is 45.7 Å². The van der Waals surface area contributed by atoms with Crippen LogP contribution in [0, 0.1) is 13.8 Å². The van der Waals surface area contributed by atoms with Crippen molar-refractivity contribution >= 4 is 17.2 Å². The van der Waals surface area contributed by atoms with E-state index in [9.17, 15) is 4.79 Å². The Morgan fingerprint density at radius 1 is 1.43 bits per heavy atom. The number of carbonyl (C=O) groups excluding carboxylic acids is 1. The molecule has 21 heavy (non-hydrogen) atoms. The summed E-state index contributed by atoms with van der Waals surface area (Å²) < 4.78 is 0. The summed E-state index contributed by atoms with van der Waals surface area (Å²) in [5.41, 5.74) is 1.15. The lowest BCUT2D eigenvalue weighted by Crippen LogP contribution is -2.46. The van der Waals surface area contributed by atoms with Gasteiger partial charge in [0, 0.05) is 37.1 Å². The molecular weight excluding hydrogens is 284 g/mol. The monoisotopic (exact) mass is 310 g/mol. The summed E-state index contributed by atoms with van der Waals surface area (Å²) in [6.45, 7) is 8.86. The number of hydrogen-bond donors (Lipinski definition) is 2. The van der Waals surface area contributed by atoms with Gasteiger partial charge in [-0.3, -0.25) is 9.69 Å². The minimum Gasteiger partial charge on any atom is -0.358 e. The van der Waals surface area contributed by atoms with Crippen molar-refractivity contribution < 1.29 is 4.79 Å². The molecule has 2 heterocycles. The van der Waals surface area contributed by atoms with Gasteiger partial charge >= 0.3 is 0 Å². The number of hydrogen-bond acceptors (Lipinski definition) is 5. The number of amides is 1. The smallest absolute Gasteiger partial charge is 0.233 e. The van der Waals surface area contributed by atoms with Crippen LogP contribution in [-0.2, 0) is 4.79 Å². The highest BCUT2D eigenvalue weighted by molar-refractivity contribution is 7.11. The first kappa shape index (κ1) is 16.4. The molecule has 1 atom stereocenters. The molecule has 1 unspecified atom stereocenters. The average molecular weight is 310 g/mol. The Morgan fingerprint density at radius 3 is 2.62 bits per heavy atom. The summed E-state index contributed by atoms with van der Waals surface area (Å²) in [6.07, 6.45) is 2.19. The molecule has 1 aliphatic heterocycles. The lowest BCUT2D eigenvalue weighted by molar-refractivity contribution is -0.122. The van der Waals surface area contributed by atoms with E-state index in [1.54, 1.807) is 18.4 Å². The fraction of sp³-hybridized carbons (Fsp3) is 0.733. The SMILES string of the molecule is CNC(=O)CN1CCC(NC(C)c2sc(C)nc2C)CC1. The number of carbonyl (C=O) groups is 1. The van der Waals surface area contributed by atoms with E-state index >= 15 is 0 Å². The lowest BCUT2D eigenvalue weighted by Gasteiger charge is -2.33. The van der Waals surface area contributed by atoms with Crippen molar-refractivity contribution in [1.82, 2.24) is 20.5 Å². The van der Waals surface area contributed by atoms with Crippen LogP contribution in [0.4, 0.5) is 0 Å². The van der Waals surface area contributed by atoms with Gasteiger partial charge in [0.05, 0.1) is 17.2 Å². The summed E-state index contributed by atoms with van der Waals surface area (Å²) in [5, 5.41) is 7.54. The second kappa shape index (κ2) is 7.33. The van der Waals surface area contributed by atoms with Gasteiger partial charge < -0.3 is 10.6 Å². The zero-order chi connectivity index (χ0) is 15.4. The third-order valence-corrected chi connectivity index (χ3v) is 5.31. The van der Waals surface area contributed by atoms with Crippen LogP contribution < -0.4 is 10.6 Å². The minimum absolute atomic E-state index is 0.102. The molecule has 0 spiro atoms. The summed E-state index contributed by atoms with van der Waals surface area (Å²) in [6, 6.07) is 0.884. The van der Waals surface area contributed by atoms with E-state index in [-0.39, 0.29) is 5.91 Å². The number of nitrogens with one attached hydrogen (secondary N) is 2. The van der Waals surface area contributed by atoms with Crippen LogP contribution in [0.5, 0.6) is 0 Å². The Bertz CT molecular complexity index is 480. The Labute approximate surface area is 131 Å². The van der Waals surface area contributed by atoms with Gasteiger partial charge in [-0.2, -0.15) is 0 Å². The number of rotatable bonds is 5. The number of likely N-dealkylation sites (N-methyl/N-ethyl adjacent to an activating group) is 1. The predicted molar refractivity (Wildman–Crippen MR) is 86.7 cm³/mol. The third-order valence-electron chi connectivity index (χ3n) is 4.05. The molecule has 118 valence electrons. The fourth-order valence-electron chi connectivity index (χ4n) is 2.92. The number of aromatic nitrogens is 1. The highest BCUT2D eigenvalue weighted by Crippen LogP contribution is 2.25. The number of aryl methyl sites for hydroxylation is 2. The molecule has 2 N–H and O–H groups in total. The van der Waals surface area contributed by atoms with Gasteiger partial charge in [0.25, 0.3) is 0 Å². The molecule has 1 amide bonds. The van der Waals surface area contributed by atoms with Crippen LogP contribution in [0.25, 0.3) is 0 Å². The molecule has 0 radical (unpaired) electrons. The maximum absolute atomic E-state index is 11.4. The van der Waals surface area contributed by atoms with Crippen LogP contribution >= 0.6 is 11.3 Å². The van der Waals surface area contributed by atoms with Crippen LogP contribution in [0.15, 0.2) is 0 Å². The molecule has 1 saturated heterocycles. The van der Waals surface area contributed by atoms with Gasteiger partial charge in [-0.1, -0.05) is 0 Å². The molecule has 0 aliphatic carbocycles. The van der Waals surface area contributed by atoms with Crippen LogP contribution in [0.2, 0.25) is 0 Å². The molecule has 2 rings (SSSR count). The second-order valence-corrected chi connectivity index (χ2v) is 7.03. The van der Waals surface area contributed by atoms with Gasteiger partial charge in [0.2, 0.25) is 5.91 Å². The molecule has 1 aromatic rings. The third kappa shape index (κ3) is 4.49. The fourth-order valence-corrected chi connectivity index (χ4v) is 3.86. The van der Waals surface area contributed by atoms with Gasteiger partial charge in [-0.15, -0.1) is 11.3 Å². The maximum Gasteiger partial charge on any atom is 0.233 e. The zero-order valence-electron chi connectivity index (χ0n) is 13.4. The van der Waals surface area contributed by atoms with Crippen molar-refractivity contribution in [2.24, 2.45) is 0 Å². The van der Waals surface area contributed by atoms with E-state index in [4.69, 9.17) is 0 Å². The average Bonchev–Trinajstić information content (AvgIpc) is 2.80. The molecule has 1 aromatic heterocycles. The van der Waals surface area contributed by atoms with Crippen molar-refractivity contribution in [3.63, 3.8) is 0 Å². The molecule has 1 fully saturated rings. The summed E-state index contributed by atoms with van der Waals surface area (Å²) in [7, 11) is 1.69. The Balaban J connectivity index is 1.80. The predicted octanol–water partition coefficient (Wildman–Crippen LogP) is 1.62. The highest BCUT2D eigenvalue weighted by Gasteiger charge is 2.23. The topological polar surface area (TPSA) is 57.3 Å². The van der Waals surface area contributed by atoms with Crippen molar-refractivity contribution in [3.05, 3.63) is 15.6 Å². The quantitative estimate of drug-likeness (QED) is 0.868.